The van der Waals surface area contributed by atoms with Crippen LogP contribution < -0.4 is 0 Å². The molecule has 0 spiro atoms. The number of rotatable bonds is 3. The first-order valence-corrected chi connectivity index (χ1v) is 9.55. The summed E-state index contributed by atoms with van der Waals surface area (Å²) in [6, 6.07) is 2.46. The second kappa shape index (κ2) is 6.69. The van der Waals surface area contributed by atoms with Gasteiger partial charge in [-0.25, -0.2) is 4.98 Å². The molecule has 0 bridgehead atoms. The number of fused-ring (bicyclic) bond motifs is 1. The Morgan fingerprint density at radius 1 is 1.50 bits per heavy atom. The molecule has 1 amide bonds. The van der Waals surface area contributed by atoms with E-state index in [9.17, 15) is 4.79 Å². The van der Waals surface area contributed by atoms with Gasteiger partial charge in [-0.15, -0.1) is 11.3 Å². The number of nitrogens with zero attached hydrogens (tertiary/aromatic N) is 3. The van der Waals surface area contributed by atoms with Gasteiger partial charge in [0.05, 0.1) is 25.2 Å². The highest BCUT2D eigenvalue weighted by Crippen LogP contribution is 2.34. The minimum Gasteiger partial charge on any atom is -0.373 e. The molecule has 2 aromatic heterocycles. The summed E-state index contributed by atoms with van der Waals surface area (Å²) in [5.41, 5.74) is 1.22. The van der Waals surface area contributed by atoms with Gasteiger partial charge in [0, 0.05) is 36.8 Å². The van der Waals surface area contributed by atoms with Gasteiger partial charge in [-0.3, -0.25) is 4.79 Å². The van der Waals surface area contributed by atoms with Gasteiger partial charge >= 0.3 is 0 Å². The first kappa shape index (κ1) is 15.8. The number of aryl methyl sites for hydroxylation is 1. The predicted molar refractivity (Wildman–Crippen MR) is 93.1 cm³/mol. The van der Waals surface area contributed by atoms with E-state index in [1.54, 1.807) is 11.3 Å². The Balaban J connectivity index is 1.43. The number of carbonyl (C=O) groups excluding carboxylic acids is 1. The van der Waals surface area contributed by atoms with Crippen LogP contribution >= 0.6 is 11.3 Å². The van der Waals surface area contributed by atoms with Crippen LogP contribution in [0.5, 0.6) is 0 Å². The molecule has 1 saturated heterocycles. The lowest BCUT2D eigenvalue weighted by molar-refractivity contribution is -0.136. The molecule has 0 radical (unpaired) electrons. The number of aromatic nitrogens is 2. The van der Waals surface area contributed by atoms with Crippen molar-refractivity contribution in [3.63, 3.8) is 0 Å². The SMILES string of the molecule is Cc1nccn1[C@@H]1CCCN(C(=O)C[C@@H]2OCCc3sccc32)C1. The highest BCUT2D eigenvalue weighted by atomic mass is 32.1. The van der Waals surface area contributed by atoms with Gasteiger partial charge in [-0.1, -0.05) is 0 Å². The van der Waals surface area contributed by atoms with Crippen molar-refractivity contribution in [2.24, 2.45) is 0 Å². The quantitative estimate of drug-likeness (QED) is 0.859. The van der Waals surface area contributed by atoms with Gasteiger partial charge in [0.15, 0.2) is 0 Å². The minimum atomic E-state index is -0.0668. The van der Waals surface area contributed by atoms with E-state index in [1.165, 1.54) is 10.4 Å². The molecule has 128 valence electrons. The van der Waals surface area contributed by atoms with E-state index in [0.717, 1.165) is 44.8 Å². The Morgan fingerprint density at radius 3 is 3.25 bits per heavy atom. The molecule has 0 N–H and O–H groups in total. The van der Waals surface area contributed by atoms with Crippen molar-refractivity contribution in [1.82, 2.24) is 14.5 Å². The van der Waals surface area contributed by atoms with Gasteiger partial charge in [0.25, 0.3) is 0 Å². The van der Waals surface area contributed by atoms with Crippen LogP contribution in [0.2, 0.25) is 0 Å². The predicted octanol–water partition coefficient (Wildman–Crippen LogP) is 3.12. The van der Waals surface area contributed by atoms with Crippen LogP contribution in [-0.4, -0.2) is 40.1 Å². The summed E-state index contributed by atoms with van der Waals surface area (Å²) in [7, 11) is 0. The number of ether oxygens (including phenoxy) is 1. The molecule has 0 aromatic carbocycles. The van der Waals surface area contributed by atoms with Crippen molar-refractivity contribution in [3.05, 3.63) is 40.1 Å². The number of carbonyl (C=O) groups is 1. The Bertz CT molecular complexity index is 723. The summed E-state index contributed by atoms with van der Waals surface area (Å²) in [6.45, 7) is 4.38. The standard InChI is InChI=1S/C18H23N3O2S/c1-13-19-6-8-21(13)14-3-2-7-20(12-14)18(22)11-16-15-5-10-24-17(15)4-9-23-16/h5-6,8,10,14,16H,2-4,7,9,11-12H2,1H3/t14-,16+/m1/s1. The molecule has 6 heteroatoms. The largest absolute Gasteiger partial charge is 0.373 e. The fourth-order valence-electron chi connectivity index (χ4n) is 3.86. The fourth-order valence-corrected chi connectivity index (χ4v) is 4.78. The zero-order valence-electron chi connectivity index (χ0n) is 14.0. The second-order valence-electron chi connectivity index (χ2n) is 6.63. The van der Waals surface area contributed by atoms with Crippen LogP contribution in [0.15, 0.2) is 23.8 Å². The molecular weight excluding hydrogens is 322 g/mol. The van der Waals surface area contributed by atoms with Crippen molar-refractivity contribution < 1.29 is 9.53 Å². The number of hydrogen-bond donors (Lipinski definition) is 0. The van der Waals surface area contributed by atoms with Crippen LogP contribution in [0.25, 0.3) is 0 Å². The van der Waals surface area contributed by atoms with Crippen molar-refractivity contribution in [2.75, 3.05) is 19.7 Å². The fraction of sp³-hybridized carbons (Fsp3) is 0.556. The molecule has 0 aliphatic carbocycles. The number of piperidine rings is 1. The molecule has 4 heterocycles. The lowest BCUT2D eigenvalue weighted by Gasteiger charge is -2.35. The summed E-state index contributed by atoms with van der Waals surface area (Å²) in [4.78, 5) is 20.5. The van der Waals surface area contributed by atoms with E-state index < -0.39 is 0 Å². The average Bonchev–Trinajstić information content (AvgIpc) is 3.24. The maximum Gasteiger partial charge on any atom is 0.225 e. The summed E-state index contributed by atoms with van der Waals surface area (Å²) in [5, 5.41) is 2.11. The highest BCUT2D eigenvalue weighted by Gasteiger charge is 2.29. The molecule has 2 atom stereocenters. The van der Waals surface area contributed by atoms with Gasteiger partial charge in [-0.2, -0.15) is 0 Å². The molecule has 0 unspecified atom stereocenters. The molecule has 2 aromatic rings. The maximum absolute atomic E-state index is 12.8. The first-order valence-electron chi connectivity index (χ1n) is 8.67. The number of imidazole rings is 1. The van der Waals surface area contributed by atoms with Crippen LogP contribution in [-0.2, 0) is 16.0 Å². The summed E-state index contributed by atoms with van der Waals surface area (Å²) in [5.74, 6) is 1.23. The van der Waals surface area contributed by atoms with Crippen LogP contribution in [0, 0.1) is 6.92 Å². The molecule has 4 rings (SSSR count). The van der Waals surface area contributed by atoms with E-state index in [2.05, 4.69) is 21.0 Å². The van der Waals surface area contributed by atoms with Crippen molar-refractivity contribution in [3.8, 4) is 0 Å². The van der Waals surface area contributed by atoms with Gasteiger partial charge in [-0.05, 0) is 36.8 Å². The number of likely N-dealkylation sites (tertiary alicyclic amines) is 1. The molecule has 5 nitrogen and oxygen atoms in total. The van der Waals surface area contributed by atoms with E-state index in [1.807, 2.05) is 24.2 Å². The normalized spacial score (nSPS) is 24.0. The summed E-state index contributed by atoms with van der Waals surface area (Å²) >= 11 is 1.78. The Kier molecular flexibility index (Phi) is 4.41. The molecule has 2 aliphatic heterocycles. The Hall–Kier alpha value is -1.66. The number of amides is 1. The molecule has 0 saturated carbocycles. The Labute approximate surface area is 146 Å². The van der Waals surface area contributed by atoms with Crippen LogP contribution in [0.3, 0.4) is 0 Å². The minimum absolute atomic E-state index is 0.0668. The summed E-state index contributed by atoms with van der Waals surface area (Å²) < 4.78 is 8.09. The molecular formula is C18H23N3O2S. The van der Waals surface area contributed by atoms with E-state index in [-0.39, 0.29) is 12.0 Å². The average molecular weight is 345 g/mol. The Morgan fingerprint density at radius 2 is 2.42 bits per heavy atom. The van der Waals surface area contributed by atoms with E-state index in [4.69, 9.17) is 4.74 Å². The van der Waals surface area contributed by atoms with Gasteiger partial charge in [0.1, 0.15) is 5.82 Å². The lowest BCUT2D eigenvalue weighted by atomic mass is 10.0. The number of hydrogen-bond acceptors (Lipinski definition) is 4. The third-order valence-corrected chi connectivity index (χ3v) is 6.14. The third kappa shape index (κ3) is 3.00. The highest BCUT2D eigenvalue weighted by molar-refractivity contribution is 7.10. The lowest BCUT2D eigenvalue weighted by Crippen LogP contribution is -2.41. The first-order chi connectivity index (χ1) is 11.7. The molecule has 2 aliphatic rings. The van der Waals surface area contributed by atoms with E-state index in [0.29, 0.717) is 12.5 Å². The van der Waals surface area contributed by atoms with Crippen molar-refractivity contribution in [1.29, 1.82) is 0 Å². The van der Waals surface area contributed by atoms with Gasteiger partial charge in [0.2, 0.25) is 5.91 Å². The number of thiophene rings is 1. The van der Waals surface area contributed by atoms with Crippen molar-refractivity contribution >= 4 is 17.2 Å². The zero-order valence-corrected chi connectivity index (χ0v) is 14.8. The smallest absolute Gasteiger partial charge is 0.225 e. The van der Waals surface area contributed by atoms with Crippen molar-refractivity contribution in [2.45, 2.75) is 44.8 Å². The van der Waals surface area contributed by atoms with Crippen LogP contribution in [0.4, 0.5) is 0 Å². The van der Waals surface area contributed by atoms with Gasteiger partial charge < -0.3 is 14.2 Å². The topological polar surface area (TPSA) is 47.4 Å². The molecule has 1 fully saturated rings. The summed E-state index contributed by atoms with van der Waals surface area (Å²) in [6.07, 6.45) is 7.38. The monoisotopic (exact) mass is 345 g/mol. The van der Waals surface area contributed by atoms with Crippen LogP contribution in [0.1, 0.15) is 47.7 Å². The second-order valence-corrected chi connectivity index (χ2v) is 7.63. The maximum atomic E-state index is 12.8. The van der Waals surface area contributed by atoms with E-state index >= 15 is 0 Å². The zero-order chi connectivity index (χ0) is 16.5. The molecule has 24 heavy (non-hydrogen) atoms. The third-order valence-electron chi connectivity index (χ3n) is 5.14.